The molecule has 11 nitrogen and oxygen atoms in total. The van der Waals surface area contributed by atoms with E-state index in [1.165, 1.54) is 24.2 Å². The van der Waals surface area contributed by atoms with Crippen molar-refractivity contribution >= 4 is 35.0 Å². The van der Waals surface area contributed by atoms with Crippen molar-refractivity contribution in [3.05, 3.63) is 41.2 Å². The molecule has 5 aliphatic rings. The first-order valence-electron chi connectivity index (χ1n) is 14.5. The maximum Gasteiger partial charge on any atom is 0.262 e. The highest BCUT2D eigenvalue weighted by atomic mass is 16.3. The van der Waals surface area contributed by atoms with Gasteiger partial charge in [-0.2, -0.15) is 5.10 Å². The molecule has 4 heterocycles. The van der Waals surface area contributed by atoms with Crippen LogP contribution in [0.4, 0.5) is 11.4 Å². The van der Waals surface area contributed by atoms with E-state index in [0.29, 0.717) is 17.9 Å². The number of nitrogens with zero attached hydrogens (tertiary/aromatic N) is 4. The van der Waals surface area contributed by atoms with Crippen LogP contribution in [0.2, 0.25) is 0 Å². The third-order valence-corrected chi connectivity index (χ3v) is 9.13. The minimum absolute atomic E-state index is 0.100. The molecular formula is C29H34N6O5. The molecule has 2 aliphatic carbocycles. The van der Waals surface area contributed by atoms with Crippen LogP contribution in [-0.4, -0.2) is 75.2 Å². The van der Waals surface area contributed by atoms with Crippen LogP contribution in [0.1, 0.15) is 89.7 Å². The molecule has 0 bridgehead atoms. The highest BCUT2D eigenvalue weighted by Gasteiger charge is 2.44. The largest absolute Gasteiger partial charge is 0.393 e. The smallest absolute Gasteiger partial charge is 0.262 e. The molecule has 1 atom stereocenters. The Bertz CT molecular complexity index is 1390. The fraction of sp³-hybridized carbons (Fsp3) is 0.552. The van der Waals surface area contributed by atoms with Crippen molar-refractivity contribution in [1.29, 1.82) is 0 Å². The summed E-state index contributed by atoms with van der Waals surface area (Å²) < 4.78 is 2.16. The molecule has 0 radical (unpaired) electrons. The zero-order valence-corrected chi connectivity index (χ0v) is 22.3. The zero-order valence-electron chi connectivity index (χ0n) is 22.3. The summed E-state index contributed by atoms with van der Waals surface area (Å²) in [6, 6.07) is 4.53. The van der Waals surface area contributed by atoms with Gasteiger partial charge in [-0.15, -0.1) is 0 Å². The van der Waals surface area contributed by atoms with Crippen LogP contribution in [0.5, 0.6) is 0 Å². The number of fused-ring (bicyclic) bond motifs is 1. The highest BCUT2D eigenvalue weighted by Crippen LogP contribution is 2.46. The second-order valence-corrected chi connectivity index (χ2v) is 12.0. The SMILES string of the molecule is O=C1CCC(N2C(=O)c3ccc(NC[C@H]4C[C@H](n5cc(N6CCC(O)CC6)c(C6CC6)n5)C4)cc3C2=O)C(=O)N1. The lowest BCUT2D eigenvalue weighted by molar-refractivity contribution is -0.136. The van der Waals surface area contributed by atoms with Crippen LogP contribution in [0.15, 0.2) is 24.4 Å². The number of hydrogen-bond donors (Lipinski definition) is 3. The lowest BCUT2D eigenvalue weighted by atomic mass is 9.80. The molecule has 11 heteroatoms. The van der Waals surface area contributed by atoms with Crippen LogP contribution in [-0.2, 0) is 9.59 Å². The van der Waals surface area contributed by atoms with Gasteiger partial charge in [-0.05, 0) is 69.1 Å². The van der Waals surface area contributed by atoms with Crippen molar-refractivity contribution in [2.24, 2.45) is 5.92 Å². The standard InChI is InChI=1S/C29H34N6O5/c36-20-7-9-33(10-8-20)24-15-34(32-26(24)17-1-2-17)19-11-16(12-19)14-30-18-3-4-21-22(13-18)29(40)35(28(21)39)23-5-6-25(37)31-27(23)38/h3-4,13,15-17,19-20,23,30,36H,1-2,5-12,14H2,(H,31,37,38)/t16-,19-,23?. The summed E-state index contributed by atoms with van der Waals surface area (Å²) in [6.07, 6.45) is 8.34. The van der Waals surface area contributed by atoms with Gasteiger partial charge in [-0.3, -0.25) is 34.1 Å². The van der Waals surface area contributed by atoms with Gasteiger partial charge in [0.15, 0.2) is 0 Å². The summed E-state index contributed by atoms with van der Waals surface area (Å²) in [6.45, 7) is 2.51. The van der Waals surface area contributed by atoms with E-state index in [4.69, 9.17) is 5.10 Å². The maximum absolute atomic E-state index is 13.1. The third-order valence-electron chi connectivity index (χ3n) is 9.13. The van der Waals surface area contributed by atoms with Gasteiger partial charge in [0.25, 0.3) is 11.8 Å². The average molecular weight is 547 g/mol. The van der Waals surface area contributed by atoms with Crippen LogP contribution < -0.4 is 15.5 Å². The summed E-state index contributed by atoms with van der Waals surface area (Å²) in [7, 11) is 0. The van der Waals surface area contributed by atoms with Crippen LogP contribution >= 0.6 is 0 Å². The highest BCUT2D eigenvalue weighted by molar-refractivity contribution is 6.23. The molecule has 7 rings (SSSR count). The first-order valence-corrected chi connectivity index (χ1v) is 14.5. The Balaban J connectivity index is 0.965. The summed E-state index contributed by atoms with van der Waals surface area (Å²) in [4.78, 5) is 53.2. The number of aliphatic hydroxyl groups excluding tert-OH is 1. The molecule has 3 aliphatic heterocycles. The molecule has 3 N–H and O–H groups in total. The Morgan fingerprint density at radius 3 is 2.45 bits per heavy atom. The van der Waals surface area contributed by atoms with Crippen molar-refractivity contribution in [1.82, 2.24) is 20.0 Å². The van der Waals surface area contributed by atoms with Crippen molar-refractivity contribution < 1.29 is 24.3 Å². The minimum atomic E-state index is -0.960. The molecule has 4 fully saturated rings. The molecule has 2 saturated heterocycles. The summed E-state index contributed by atoms with van der Waals surface area (Å²) >= 11 is 0. The Hall–Kier alpha value is -3.73. The van der Waals surface area contributed by atoms with Crippen LogP contribution in [0.25, 0.3) is 0 Å². The van der Waals surface area contributed by atoms with Gasteiger partial charge in [-0.25, -0.2) is 0 Å². The van der Waals surface area contributed by atoms with Crippen LogP contribution in [0.3, 0.4) is 0 Å². The van der Waals surface area contributed by atoms with Gasteiger partial charge in [0.2, 0.25) is 11.8 Å². The fourth-order valence-electron chi connectivity index (χ4n) is 6.51. The van der Waals surface area contributed by atoms with Crippen molar-refractivity contribution in [3.63, 3.8) is 0 Å². The molecule has 4 amide bonds. The van der Waals surface area contributed by atoms with E-state index in [1.807, 2.05) is 0 Å². The number of imide groups is 2. The fourth-order valence-corrected chi connectivity index (χ4v) is 6.51. The van der Waals surface area contributed by atoms with Crippen LogP contribution in [0, 0.1) is 5.92 Å². The molecule has 0 spiro atoms. The van der Waals surface area contributed by atoms with E-state index in [2.05, 4.69) is 26.4 Å². The van der Waals surface area contributed by atoms with E-state index in [9.17, 15) is 24.3 Å². The van der Waals surface area contributed by atoms with E-state index in [0.717, 1.165) is 55.9 Å². The first kappa shape index (κ1) is 25.3. The number of hydrogen-bond acceptors (Lipinski definition) is 8. The number of rotatable bonds is 7. The summed E-state index contributed by atoms with van der Waals surface area (Å²) in [5, 5.41) is 20.6. The topological polar surface area (TPSA) is 137 Å². The average Bonchev–Trinajstić information content (AvgIpc) is 3.63. The normalized spacial score (nSPS) is 27.1. The van der Waals surface area contributed by atoms with Gasteiger partial charge in [0.05, 0.1) is 34.7 Å². The maximum atomic E-state index is 13.1. The predicted molar refractivity (Wildman–Crippen MR) is 145 cm³/mol. The number of carbonyl (C=O) groups excluding carboxylic acids is 4. The predicted octanol–water partition coefficient (Wildman–Crippen LogP) is 2.19. The molecule has 1 aromatic carbocycles. The summed E-state index contributed by atoms with van der Waals surface area (Å²) in [5.41, 5.74) is 3.81. The monoisotopic (exact) mass is 546 g/mol. The van der Waals surface area contributed by atoms with Crippen molar-refractivity contribution in [3.8, 4) is 0 Å². The quantitative estimate of drug-likeness (QED) is 0.450. The van der Waals surface area contributed by atoms with Crippen molar-refractivity contribution in [2.45, 2.75) is 75.5 Å². The Morgan fingerprint density at radius 1 is 0.975 bits per heavy atom. The molecule has 210 valence electrons. The Kier molecular flexibility index (Phi) is 6.14. The lowest BCUT2D eigenvalue weighted by Crippen LogP contribution is -2.54. The molecule has 2 aromatic rings. The Labute approximate surface area is 231 Å². The van der Waals surface area contributed by atoms with E-state index in [1.54, 1.807) is 18.2 Å². The summed E-state index contributed by atoms with van der Waals surface area (Å²) in [5.74, 6) is -0.939. The molecule has 2 saturated carbocycles. The Morgan fingerprint density at radius 2 is 1.73 bits per heavy atom. The number of benzene rings is 1. The van der Waals surface area contributed by atoms with E-state index in [-0.39, 0.29) is 36.0 Å². The van der Waals surface area contributed by atoms with Gasteiger partial charge >= 0.3 is 0 Å². The number of aliphatic hydroxyl groups is 1. The second kappa shape index (κ2) is 9.72. The number of aromatic nitrogens is 2. The second-order valence-electron chi connectivity index (χ2n) is 12.0. The molecule has 1 unspecified atom stereocenters. The first-order chi connectivity index (χ1) is 19.4. The van der Waals surface area contributed by atoms with Crippen molar-refractivity contribution in [2.75, 3.05) is 29.9 Å². The van der Waals surface area contributed by atoms with E-state index >= 15 is 0 Å². The third kappa shape index (κ3) is 4.46. The van der Waals surface area contributed by atoms with E-state index < -0.39 is 23.8 Å². The number of nitrogens with one attached hydrogen (secondary N) is 2. The molecule has 40 heavy (non-hydrogen) atoms. The van der Waals surface area contributed by atoms with Gasteiger partial charge in [0.1, 0.15) is 6.04 Å². The zero-order chi connectivity index (χ0) is 27.5. The lowest BCUT2D eigenvalue weighted by Gasteiger charge is -2.36. The number of anilines is 2. The minimum Gasteiger partial charge on any atom is -0.393 e. The number of carbonyl (C=O) groups is 4. The van der Waals surface area contributed by atoms with Gasteiger partial charge < -0.3 is 15.3 Å². The number of amides is 4. The molecule has 1 aromatic heterocycles. The molecular weight excluding hydrogens is 512 g/mol. The van der Waals surface area contributed by atoms with Gasteiger partial charge in [0, 0.05) is 43.9 Å². The van der Waals surface area contributed by atoms with Gasteiger partial charge in [-0.1, -0.05) is 0 Å². The number of piperidine rings is 2.